The van der Waals surface area contributed by atoms with Crippen LogP contribution in [0.25, 0.3) is 0 Å². The molecule has 3 unspecified atom stereocenters. The van der Waals surface area contributed by atoms with E-state index < -0.39 is 38.0 Å². The molecule has 0 aromatic carbocycles. The van der Waals surface area contributed by atoms with Crippen molar-refractivity contribution in [3.05, 3.63) is 0 Å². The van der Waals surface area contributed by atoms with Gasteiger partial charge in [-0.1, -0.05) is 32.6 Å². The predicted octanol–water partition coefficient (Wildman–Crippen LogP) is 2.74. The van der Waals surface area contributed by atoms with Crippen molar-refractivity contribution < 1.29 is 28.5 Å². The molecule has 0 bridgehead atoms. The van der Waals surface area contributed by atoms with Crippen molar-refractivity contribution in [2.45, 2.75) is 95.5 Å². The molecule has 1 rings (SSSR count). The third-order valence-electron chi connectivity index (χ3n) is 4.77. The molecule has 0 saturated carbocycles. The van der Waals surface area contributed by atoms with Gasteiger partial charge in [-0.25, -0.2) is 9.59 Å². The highest BCUT2D eigenvalue weighted by molar-refractivity contribution is 7.39. The lowest BCUT2D eigenvalue weighted by molar-refractivity contribution is -0.166. The summed E-state index contributed by atoms with van der Waals surface area (Å²) in [5.41, 5.74) is 5.48. The normalized spacial score (nSPS) is 19.2. The zero-order valence-corrected chi connectivity index (χ0v) is 17.8. The maximum Gasteiger partial charge on any atom is 0.541 e. The summed E-state index contributed by atoms with van der Waals surface area (Å²) in [6, 6.07) is -0.490. The Labute approximate surface area is 168 Å². The molecule has 0 spiro atoms. The number of aliphatic hydroxyl groups excluding tert-OH is 1. The molecule has 28 heavy (non-hydrogen) atoms. The minimum Gasteiger partial charge on any atom is -0.390 e. The highest BCUT2D eigenvalue weighted by Crippen LogP contribution is 2.34. The second-order valence-electron chi connectivity index (χ2n) is 7.24. The molecule has 1 aliphatic rings. The largest absolute Gasteiger partial charge is 0.541 e. The van der Waals surface area contributed by atoms with E-state index in [-0.39, 0.29) is 6.42 Å². The van der Waals surface area contributed by atoms with Crippen LogP contribution in [0.15, 0.2) is 0 Å². The first kappa shape index (κ1) is 25.1. The van der Waals surface area contributed by atoms with Crippen molar-refractivity contribution in [2.75, 3.05) is 13.1 Å². The quantitative estimate of drug-likeness (QED) is 0.160. The lowest BCUT2D eigenvalue weighted by Crippen LogP contribution is -2.37. The van der Waals surface area contributed by atoms with Crippen LogP contribution in [0.1, 0.15) is 77.6 Å². The van der Waals surface area contributed by atoms with E-state index in [1.165, 1.54) is 0 Å². The Hall–Kier alpha value is -0.920. The maximum absolute atomic E-state index is 12.4. The van der Waals surface area contributed by atoms with Crippen LogP contribution in [0, 0.1) is 0 Å². The molecule has 0 amide bonds. The molecule has 1 saturated heterocycles. The number of esters is 2. The van der Waals surface area contributed by atoms with E-state index in [4.69, 9.17) is 15.0 Å². The molecule has 4 N–H and O–H groups in total. The van der Waals surface area contributed by atoms with E-state index in [1.54, 1.807) is 0 Å². The molecule has 1 fully saturated rings. The standard InChI is InChI=1S/C19H36N2O6P/c1-2-3-4-5-6-12-17(22)28(25)27-16(11-7-8-13-20)19(24)26-18(23)15-10-9-14-21-15/h15-17,21-22H,2-14,20H2,1H3/q+1/t15-,16?,17?/m0/s1. The SMILES string of the molecule is CCCCCCCC(O)[P+](=O)OC(CCCCN)C(=O)OC(=O)[C@@H]1CCCN1. The number of hydrogen-bond donors (Lipinski definition) is 3. The molecule has 9 heteroatoms. The van der Waals surface area contributed by atoms with Crippen LogP contribution in [0.4, 0.5) is 0 Å². The number of nitrogens with one attached hydrogen (secondary N) is 1. The van der Waals surface area contributed by atoms with Crippen molar-refractivity contribution in [1.82, 2.24) is 5.32 Å². The topological polar surface area (TPSA) is 128 Å². The van der Waals surface area contributed by atoms with Crippen molar-refractivity contribution in [2.24, 2.45) is 5.73 Å². The Bertz CT molecular complexity index is 485. The predicted molar refractivity (Wildman–Crippen MR) is 107 cm³/mol. The van der Waals surface area contributed by atoms with E-state index >= 15 is 0 Å². The molecule has 0 radical (unpaired) electrons. The van der Waals surface area contributed by atoms with Gasteiger partial charge in [-0.15, -0.1) is 4.52 Å². The van der Waals surface area contributed by atoms with Gasteiger partial charge in [0, 0.05) is 6.42 Å². The minimum absolute atomic E-state index is 0.242. The lowest BCUT2D eigenvalue weighted by atomic mass is 10.1. The average Bonchev–Trinajstić information content (AvgIpc) is 3.21. The third kappa shape index (κ3) is 10.0. The molecule has 162 valence electrons. The second kappa shape index (κ2) is 15.0. The summed E-state index contributed by atoms with van der Waals surface area (Å²) in [5.74, 6) is -2.62. The van der Waals surface area contributed by atoms with E-state index in [2.05, 4.69) is 12.2 Å². The van der Waals surface area contributed by atoms with Crippen LogP contribution < -0.4 is 11.1 Å². The minimum atomic E-state index is -2.45. The first-order chi connectivity index (χ1) is 13.5. The van der Waals surface area contributed by atoms with Crippen LogP contribution in [-0.2, 0) is 23.4 Å². The van der Waals surface area contributed by atoms with Gasteiger partial charge in [0.15, 0.2) is 0 Å². The van der Waals surface area contributed by atoms with Gasteiger partial charge in [0.25, 0.3) is 5.85 Å². The average molecular weight is 419 g/mol. The van der Waals surface area contributed by atoms with E-state index in [0.717, 1.165) is 38.5 Å². The van der Waals surface area contributed by atoms with Gasteiger partial charge in [-0.05, 0) is 56.2 Å². The van der Waals surface area contributed by atoms with E-state index in [0.29, 0.717) is 38.8 Å². The molecular weight excluding hydrogens is 383 g/mol. The molecule has 0 aromatic rings. The molecule has 8 nitrogen and oxygen atoms in total. The van der Waals surface area contributed by atoms with E-state index in [9.17, 15) is 19.3 Å². The van der Waals surface area contributed by atoms with Crippen molar-refractivity contribution >= 4 is 20.0 Å². The fourth-order valence-corrected chi connectivity index (χ4v) is 4.02. The third-order valence-corrected chi connectivity index (χ3v) is 5.98. The van der Waals surface area contributed by atoms with Crippen LogP contribution in [0.2, 0.25) is 0 Å². The number of aliphatic hydroxyl groups is 1. The van der Waals surface area contributed by atoms with Crippen molar-refractivity contribution in [3.8, 4) is 0 Å². The molecule has 4 atom stereocenters. The summed E-state index contributed by atoms with van der Waals surface area (Å²) in [5, 5.41) is 13.0. The Morgan fingerprint density at radius 2 is 1.89 bits per heavy atom. The molecular formula is C19H36N2O6P+. The Morgan fingerprint density at radius 3 is 2.54 bits per heavy atom. The Balaban J connectivity index is 2.50. The van der Waals surface area contributed by atoms with Crippen LogP contribution >= 0.6 is 8.03 Å². The second-order valence-corrected chi connectivity index (χ2v) is 8.61. The number of carbonyl (C=O) groups excluding carboxylic acids is 2. The fraction of sp³-hybridized carbons (Fsp3) is 0.895. The number of rotatable bonds is 15. The maximum atomic E-state index is 12.4. The van der Waals surface area contributed by atoms with Crippen molar-refractivity contribution in [3.63, 3.8) is 0 Å². The van der Waals surface area contributed by atoms with Crippen LogP contribution in [0.3, 0.4) is 0 Å². The first-order valence-electron chi connectivity index (χ1n) is 10.5. The van der Waals surface area contributed by atoms with Gasteiger partial charge >= 0.3 is 20.0 Å². The molecule has 0 aromatic heterocycles. The Morgan fingerprint density at radius 1 is 1.18 bits per heavy atom. The molecule has 1 aliphatic heterocycles. The van der Waals surface area contributed by atoms with Gasteiger partial charge in [0.05, 0.1) is 0 Å². The summed E-state index contributed by atoms with van der Waals surface area (Å²) in [6.07, 6.45) is 7.21. The summed E-state index contributed by atoms with van der Waals surface area (Å²) in [4.78, 5) is 24.4. The van der Waals surface area contributed by atoms with Gasteiger partial charge in [0.2, 0.25) is 6.10 Å². The number of ether oxygens (including phenoxy) is 1. The fourth-order valence-electron chi connectivity index (χ4n) is 3.04. The summed E-state index contributed by atoms with van der Waals surface area (Å²) in [7, 11) is -2.45. The monoisotopic (exact) mass is 419 g/mol. The number of nitrogens with two attached hydrogens (primary N) is 1. The smallest absolute Gasteiger partial charge is 0.390 e. The Kier molecular flexibility index (Phi) is 13.4. The van der Waals surface area contributed by atoms with Crippen LogP contribution in [0.5, 0.6) is 0 Å². The molecule has 0 aliphatic carbocycles. The van der Waals surface area contributed by atoms with Gasteiger partial charge in [-0.3, -0.25) is 0 Å². The highest BCUT2D eigenvalue weighted by atomic mass is 31.1. The van der Waals surface area contributed by atoms with Gasteiger partial charge in [-0.2, -0.15) is 0 Å². The first-order valence-corrected chi connectivity index (χ1v) is 11.7. The summed E-state index contributed by atoms with van der Waals surface area (Å²) in [6.45, 7) is 3.29. The summed E-state index contributed by atoms with van der Waals surface area (Å²) >= 11 is 0. The number of hydrogen-bond acceptors (Lipinski definition) is 8. The van der Waals surface area contributed by atoms with E-state index in [1.807, 2.05) is 0 Å². The number of carbonyl (C=O) groups is 2. The zero-order valence-electron chi connectivity index (χ0n) is 16.9. The number of unbranched alkanes of at least 4 members (excludes halogenated alkanes) is 5. The summed E-state index contributed by atoms with van der Waals surface area (Å²) < 4.78 is 22.6. The lowest BCUT2D eigenvalue weighted by Gasteiger charge is -2.13. The highest BCUT2D eigenvalue weighted by Gasteiger charge is 2.39. The van der Waals surface area contributed by atoms with Crippen molar-refractivity contribution in [1.29, 1.82) is 0 Å². The van der Waals surface area contributed by atoms with Gasteiger partial charge in [0.1, 0.15) is 6.04 Å². The molecule has 1 heterocycles. The van der Waals surface area contributed by atoms with Gasteiger partial charge < -0.3 is 20.9 Å². The zero-order chi connectivity index (χ0) is 20.8. The van der Waals surface area contributed by atoms with Crippen LogP contribution in [-0.4, -0.2) is 48.1 Å².